The van der Waals surface area contributed by atoms with Crippen LogP contribution in [-0.4, -0.2) is 64.2 Å². The molecule has 0 aliphatic carbocycles. The summed E-state index contributed by atoms with van der Waals surface area (Å²) in [6.45, 7) is 3.55. The Morgan fingerprint density at radius 2 is 1.96 bits per heavy atom. The third-order valence-corrected chi connectivity index (χ3v) is 5.59. The fraction of sp³-hybridized carbons (Fsp3) is 0.471. The minimum absolute atomic E-state index is 0.312. The summed E-state index contributed by atoms with van der Waals surface area (Å²) in [6, 6.07) is 9.03. The lowest BCUT2D eigenvalue weighted by atomic mass is 10.1. The molecule has 26 heavy (non-hydrogen) atoms. The molecule has 2 rings (SSSR count). The molecule has 1 atom stereocenters. The van der Waals surface area contributed by atoms with Crippen molar-refractivity contribution in [1.29, 1.82) is 5.26 Å². The lowest BCUT2D eigenvalue weighted by molar-refractivity contribution is 0.0989. The molecule has 0 saturated carbocycles. The number of allylic oxidation sites excluding steroid dienone is 2. The van der Waals surface area contributed by atoms with Gasteiger partial charge in [-0.15, -0.1) is 0 Å². The molecule has 1 aliphatic heterocycles. The quantitative estimate of drug-likeness (QED) is 0.570. The summed E-state index contributed by atoms with van der Waals surface area (Å²) in [4.78, 5) is 1.76. The van der Waals surface area contributed by atoms with E-state index in [9.17, 15) is 18.8 Å². The van der Waals surface area contributed by atoms with Crippen LogP contribution in [0.5, 0.6) is 0 Å². The fourth-order valence-electron chi connectivity index (χ4n) is 2.56. The molecule has 1 fully saturated rings. The van der Waals surface area contributed by atoms with E-state index in [1.807, 2.05) is 12.1 Å². The van der Waals surface area contributed by atoms with E-state index in [2.05, 4.69) is 9.62 Å². The summed E-state index contributed by atoms with van der Waals surface area (Å²) in [5.41, 5.74) is 1.94. The van der Waals surface area contributed by atoms with Crippen LogP contribution in [0.15, 0.2) is 29.2 Å². The highest BCUT2D eigenvalue weighted by molar-refractivity contribution is 7.93. The molecule has 9 heteroatoms. The summed E-state index contributed by atoms with van der Waals surface area (Å²) in [7, 11) is -4.09. The topological polar surface area (TPSA) is 123 Å². The predicted octanol–water partition coefficient (Wildman–Crippen LogP) is 0.0504. The van der Waals surface area contributed by atoms with Crippen LogP contribution in [0, 0.1) is 11.3 Å². The lowest BCUT2D eigenvalue weighted by Gasteiger charge is -2.29. The van der Waals surface area contributed by atoms with Crippen LogP contribution < -0.4 is 9.62 Å². The van der Waals surface area contributed by atoms with Crippen LogP contribution in [0.25, 0.3) is 5.57 Å². The van der Waals surface area contributed by atoms with E-state index in [0.29, 0.717) is 24.4 Å². The largest absolute Gasteiger partial charge is 0.394 e. The molecule has 0 bridgehead atoms. The van der Waals surface area contributed by atoms with Crippen LogP contribution >= 0.6 is 0 Å². The molecule has 0 amide bonds. The molecule has 1 saturated heterocycles. The highest BCUT2D eigenvalue weighted by atomic mass is 32.2. The number of nitrogens with one attached hydrogen (secondary N) is 1. The summed E-state index contributed by atoms with van der Waals surface area (Å²) in [5.74, 6) is 0. The summed E-state index contributed by atoms with van der Waals surface area (Å²) < 4.78 is 32.1. The van der Waals surface area contributed by atoms with Gasteiger partial charge in [-0.05, 0) is 30.2 Å². The zero-order valence-electron chi connectivity index (χ0n) is 14.6. The molecule has 1 heterocycles. The van der Waals surface area contributed by atoms with Crippen molar-refractivity contribution in [3.05, 3.63) is 34.7 Å². The molecule has 1 aromatic rings. The van der Waals surface area contributed by atoms with Crippen molar-refractivity contribution in [1.82, 2.24) is 4.72 Å². The summed E-state index contributed by atoms with van der Waals surface area (Å²) in [5, 5.41) is 27.4. The molecule has 142 valence electrons. The Morgan fingerprint density at radius 3 is 2.50 bits per heavy atom. The van der Waals surface area contributed by atoms with E-state index in [-0.39, 0.29) is 6.54 Å². The SMILES string of the molecule is C/C(=C(/C#N)S(=O)(=O)NCC(O)CO)c1ccc(N2CCOCC2)cc1. The number of morpholine rings is 1. The lowest BCUT2D eigenvalue weighted by Crippen LogP contribution is -2.36. The van der Waals surface area contributed by atoms with E-state index in [0.717, 1.165) is 18.8 Å². The highest BCUT2D eigenvalue weighted by Crippen LogP contribution is 2.24. The summed E-state index contributed by atoms with van der Waals surface area (Å²) >= 11 is 0. The zero-order valence-corrected chi connectivity index (χ0v) is 15.4. The number of anilines is 1. The van der Waals surface area contributed by atoms with Crippen LogP contribution in [0.1, 0.15) is 12.5 Å². The first-order chi connectivity index (χ1) is 12.4. The number of aliphatic hydroxyl groups excluding tert-OH is 2. The Balaban J connectivity index is 2.22. The molecular formula is C17H23N3O5S. The second kappa shape index (κ2) is 9.12. The van der Waals surface area contributed by atoms with Gasteiger partial charge in [-0.3, -0.25) is 0 Å². The maximum Gasteiger partial charge on any atom is 0.251 e. The van der Waals surface area contributed by atoms with E-state index < -0.39 is 27.6 Å². The minimum atomic E-state index is -4.09. The third kappa shape index (κ3) is 5.03. The molecule has 1 aliphatic rings. The fourth-order valence-corrected chi connectivity index (χ4v) is 3.76. The van der Waals surface area contributed by atoms with Crippen molar-refractivity contribution in [3.63, 3.8) is 0 Å². The first-order valence-corrected chi connectivity index (χ1v) is 9.70. The number of ether oxygens (including phenoxy) is 1. The van der Waals surface area contributed by atoms with Gasteiger partial charge in [0.05, 0.1) is 25.9 Å². The maximum absolute atomic E-state index is 12.3. The molecule has 0 aromatic heterocycles. The van der Waals surface area contributed by atoms with Crippen LogP contribution in [0.4, 0.5) is 5.69 Å². The Hall–Kier alpha value is -1.96. The molecular weight excluding hydrogens is 358 g/mol. The number of aliphatic hydroxyl groups is 2. The monoisotopic (exact) mass is 381 g/mol. The van der Waals surface area contributed by atoms with Gasteiger partial charge in [0.1, 0.15) is 6.07 Å². The molecule has 8 nitrogen and oxygen atoms in total. The maximum atomic E-state index is 12.3. The van der Waals surface area contributed by atoms with Gasteiger partial charge in [0, 0.05) is 25.3 Å². The van der Waals surface area contributed by atoms with Gasteiger partial charge in [0.15, 0.2) is 4.91 Å². The first-order valence-electron chi connectivity index (χ1n) is 8.21. The Morgan fingerprint density at radius 1 is 1.35 bits per heavy atom. The van der Waals surface area contributed by atoms with Gasteiger partial charge < -0.3 is 19.8 Å². The number of nitrogens with zero attached hydrogens (tertiary/aromatic N) is 2. The first kappa shape index (κ1) is 20.4. The number of nitriles is 1. The second-order valence-electron chi connectivity index (χ2n) is 5.90. The van der Waals surface area contributed by atoms with Gasteiger partial charge in [-0.25, -0.2) is 13.1 Å². The molecule has 1 aromatic carbocycles. The third-order valence-electron chi connectivity index (χ3n) is 4.11. The predicted molar refractivity (Wildman–Crippen MR) is 97.7 cm³/mol. The van der Waals surface area contributed by atoms with Gasteiger partial charge >= 0.3 is 0 Å². The van der Waals surface area contributed by atoms with Crippen molar-refractivity contribution < 1.29 is 23.4 Å². The van der Waals surface area contributed by atoms with Crippen LogP contribution in [-0.2, 0) is 14.8 Å². The molecule has 0 radical (unpaired) electrons. The Labute approximate surface area is 153 Å². The standard InChI is InChI=1S/C17H23N3O5S/c1-13(17(10-18)26(23,24)19-11-16(22)12-21)14-2-4-15(5-3-14)20-6-8-25-9-7-20/h2-5,16,19,21-22H,6-9,11-12H2,1H3/b17-13+. The number of rotatable bonds is 7. The number of benzene rings is 1. The van der Waals surface area contributed by atoms with Crippen LogP contribution in [0.2, 0.25) is 0 Å². The van der Waals surface area contributed by atoms with Crippen molar-refractivity contribution in [2.45, 2.75) is 13.0 Å². The normalized spacial score (nSPS) is 17.4. The molecule has 0 spiro atoms. The van der Waals surface area contributed by atoms with Gasteiger partial charge in [-0.2, -0.15) is 5.26 Å². The molecule has 1 unspecified atom stereocenters. The van der Waals surface area contributed by atoms with Crippen molar-refractivity contribution in [3.8, 4) is 6.07 Å². The summed E-state index contributed by atoms with van der Waals surface area (Å²) in [6.07, 6.45) is -1.22. The van der Waals surface area contributed by atoms with Crippen molar-refractivity contribution in [2.24, 2.45) is 0 Å². The smallest absolute Gasteiger partial charge is 0.251 e. The second-order valence-corrected chi connectivity index (χ2v) is 7.60. The van der Waals surface area contributed by atoms with Crippen LogP contribution in [0.3, 0.4) is 0 Å². The van der Waals surface area contributed by atoms with Crippen molar-refractivity contribution in [2.75, 3.05) is 44.4 Å². The van der Waals surface area contributed by atoms with E-state index in [4.69, 9.17) is 9.84 Å². The van der Waals surface area contributed by atoms with Gasteiger partial charge in [0.25, 0.3) is 10.0 Å². The minimum Gasteiger partial charge on any atom is -0.394 e. The van der Waals surface area contributed by atoms with E-state index >= 15 is 0 Å². The number of hydrogen-bond acceptors (Lipinski definition) is 7. The average Bonchev–Trinajstić information content (AvgIpc) is 2.67. The van der Waals surface area contributed by atoms with Gasteiger partial charge in [-0.1, -0.05) is 12.1 Å². The van der Waals surface area contributed by atoms with E-state index in [1.165, 1.54) is 0 Å². The van der Waals surface area contributed by atoms with E-state index in [1.54, 1.807) is 25.1 Å². The number of sulfonamides is 1. The number of hydrogen-bond donors (Lipinski definition) is 3. The van der Waals surface area contributed by atoms with Gasteiger partial charge in [0.2, 0.25) is 0 Å². The Kier molecular flexibility index (Phi) is 7.14. The average molecular weight is 381 g/mol. The molecule has 3 N–H and O–H groups in total. The highest BCUT2D eigenvalue weighted by Gasteiger charge is 2.22. The zero-order chi connectivity index (χ0) is 19.2. The van der Waals surface area contributed by atoms with Crippen molar-refractivity contribution >= 4 is 21.3 Å². The Bertz CT molecular complexity index is 778.